The van der Waals surface area contributed by atoms with E-state index in [1.165, 1.54) is 0 Å². The maximum atomic E-state index is 11.9. The Morgan fingerprint density at radius 2 is 2.00 bits per heavy atom. The second-order valence-electron chi connectivity index (χ2n) is 6.72. The van der Waals surface area contributed by atoms with Crippen LogP contribution in [0.3, 0.4) is 0 Å². The number of nitriles is 1. The van der Waals surface area contributed by atoms with Gasteiger partial charge >= 0.3 is 0 Å². The fourth-order valence-corrected chi connectivity index (χ4v) is 3.24. The quantitative estimate of drug-likeness (QED) is 0.670. The average Bonchev–Trinajstić information content (AvgIpc) is 2.69. The molecule has 1 aromatic heterocycles. The van der Waals surface area contributed by atoms with Crippen molar-refractivity contribution in [1.29, 1.82) is 5.26 Å². The topological polar surface area (TPSA) is 72.2 Å². The summed E-state index contributed by atoms with van der Waals surface area (Å²) < 4.78 is 11.4. The zero-order chi connectivity index (χ0) is 19.5. The van der Waals surface area contributed by atoms with Crippen LogP contribution in [-0.2, 0) is 6.42 Å². The first-order valence-corrected chi connectivity index (χ1v) is 9.05. The van der Waals surface area contributed by atoms with Gasteiger partial charge in [0.2, 0.25) is 5.88 Å². The van der Waals surface area contributed by atoms with Crippen molar-refractivity contribution in [2.45, 2.75) is 19.8 Å². The molecule has 5 heteroatoms. The molecule has 0 N–H and O–H groups in total. The van der Waals surface area contributed by atoms with Crippen LogP contribution in [0.2, 0.25) is 0 Å². The van der Waals surface area contributed by atoms with E-state index in [0.29, 0.717) is 48.0 Å². The van der Waals surface area contributed by atoms with Crippen molar-refractivity contribution in [3.8, 4) is 23.4 Å². The number of ketones is 1. The third-order valence-corrected chi connectivity index (χ3v) is 4.68. The molecule has 0 bridgehead atoms. The Hall–Kier alpha value is -3.65. The van der Waals surface area contributed by atoms with Gasteiger partial charge in [0.1, 0.15) is 11.5 Å². The number of hydrogen-bond donors (Lipinski definition) is 0. The van der Waals surface area contributed by atoms with Gasteiger partial charge in [-0.05, 0) is 54.3 Å². The summed E-state index contributed by atoms with van der Waals surface area (Å²) in [5.74, 6) is 1.70. The molecule has 0 fully saturated rings. The number of rotatable bonds is 4. The van der Waals surface area contributed by atoms with E-state index in [-0.39, 0.29) is 5.78 Å². The van der Waals surface area contributed by atoms with E-state index in [2.05, 4.69) is 11.1 Å². The van der Waals surface area contributed by atoms with Crippen molar-refractivity contribution in [2.75, 3.05) is 6.61 Å². The molecule has 0 atom stereocenters. The first kappa shape index (κ1) is 17.7. The standard InChI is InChI=1S/C23H18N2O3/c1-15-10-16(2-3-18(15)14-24)11-17-6-8-25-23(12-17)28-19-4-5-20-21(26)7-9-27-22(20)13-19/h2-6,8,10,12-13H,7,9,11H2,1H3. The highest BCUT2D eigenvalue weighted by molar-refractivity contribution is 5.99. The molecular formula is C23H18N2O3. The predicted molar refractivity (Wildman–Crippen MR) is 104 cm³/mol. The van der Waals surface area contributed by atoms with Crippen molar-refractivity contribution in [2.24, 2.45) is 0 Å². The highest BCUT2D eigenvalue weighted by Gasteiger charge is 2.19. The van der Waals surface area contributed by atoms with Gasteiger partial charge in [0.25, 0.3) is 0 Å². The lowest BCUT2D eigenvalue weighted by Crippen LogP contribution is -2.15. The van der Waals surface area contributed by atoms with Gasteiger partial charge in [-0.3, -0.25) is 4.79 Å². The predicted octanol–water partition coefficient (Wildman–Crippen LogP) is 4.61. The Labute approximate surface area is 163 Å². The Bertz CT molecular complexity index is 1100. The Kier molecular flexibility index (Phi) is 4.77. The fourth-order valence-electron chi connectivity index (χ4n) is 3.24. The first-order valence-electron chi connectivity index (χ1n) is 9.05. The summed E-state index contributed by atoms with van der Waals surface area (Å²) in [4.78, 5) is 16.2. The highest BCUT2D eigenvalue weighted by atomic mass is 16.5. The normalized spacial score (nSPS) is 12.6. The monoisotopic (exact) mass is 370 g/mol. The third kappa shape index (κ3) is 3.72. The van der Waals surface area contributed by atoms with Crippen LogP contribution in [0.15, 0.2) is 54.7 Å². The van der Waals surface area contributed by atoms with E-state index in [0.717, 1.165) is 16.7 Å². The molecule has 0 spiro atoms. The van der Waals surface area contributed by atoms with Crippen LogP contribution in [0.4, 0.5) is 0 Å². The second-order valence-corrected chi connectivity index (χ2v) is 6.72. The molecule has 3 aromatic rings. The lowest BCUT2D eigenvalue weighted by Gasteiger charge is -2.17. The summed E-state index contributed by atoms with van der Waals surface area (Å²) >= 11 is 0. The second kappa shape index (κ2) is 7.53. The molecule has 2 heterocycles. The number of Topliss-reactive ketones (excluding diaryl/α,β-unsaturated/α-hetero) is 1. The van der Waals surface area contributed by atoms with Gasteiger partial charge in [-0.15, -0.1) is 0 Å². The van der Waals surface area contributed by atoms with Crippen molar-refractivity contribution >= 4 is 5.78 Å². The van der Waals surface area contributed by atoms with E-state index in [4.69, 9.17) is 14.7 Å². The molecule has 0 unspecified atom stereocenters. The Morgan fingerprint density at radius 3 is 2.82 bits per heavy atom. The van der Waals surface area contributed by atoms with Gasteiger partial charge in [-0.2, -0.15) is 5.26 Å². The van der Waals surface area contributed by atoms with Crippen LogP contribution in [0.1, 0.15) is 39.0 Å². The molecule has 0 aliphatic carbocycles. The molecule has 138 valence electrons. The smallest absolute Gasteiger partial charge is 0.219 e. The molecule has 28 heavy (non-hydrogen) atoms. The van der Waals surface area contributed by atoms with Crippen molar-refractivity contribution < 1.29 is 14.3 Å². The summed E-state index contributed by atoms with van der Waals surface area (Å²) in [6.45, 7) is 2.33. The van der Waals surface area contributed by atoms with Gasteiger partial charge in [-0.1, -0.05) is 12.1 Å². The maximum absolute atomic E-state index is 11.9. The van der Waals surface area contributed by atoms with Gasteiger partial charge in [-0.25, -0.2) is 4.98 Å². The van der Waals surface area contributed by atoms with Crippen LogP contribution < -0.4 is 9.47 Å². The van der Waals surface area contributed by atoms with Crippen molar-refractivity contribution in [1.82, 2.24) is 4.98 Å². The summed E-state index contributed by atoms with van der Waals surface area (Å²) in [6.07, 6.45) is 2.83. The Balaban J connectivity index is 1.52. The minimum Gasteiger partial charge on any atom is -0.492 e. The van der Waals surface area contributed by atoms with Gasteiger partial charge in [0.15, 0.2) is 5.78 Å². The molecule has 0 saturated heterocycles. The van der Waals surface area contributed by atoms with Crippen molar-refractivity contribution in [3.05, 3.63) is 82.5 Å². The van der Waals surface area contributed by atoms with Crippen LogP contribution in [0.5, 0.6) is 17.4 Å². The zero-order valence-corrected chi connectivity index (χ0v) is 15.4. The summed E-state index contributed by atoms with van der Waals surface area (Å²) in [5.41, 5.74) is 4.43. The van der Waals surface area contributed by atoms with Crippen LogP contribution in [0.25, 0.3) is 0 Å². The lowest BCUT2D eigenvalue weighted by molar-refractivity contribution is 0.0933. The van der Waals surface area contributed by atoms with E-state index in [1.807, 2.05) is 37.3 Å². The average molecular weight is 370 g/mol. The minimum absolute atomic E-state index is 0.0885. The maximum Gasteiger partial charge on any atom is 0.219 e. The summed E-state index contributed by atoms with van der Waals surface area (Å²) in [5, 5.41) is 9.06. The van der Waals surface area contributed by atoms with Gasteiger partial charge in [0.05, 0.1) is 23.8 Å². The third-order valence-electron chi connectivity index (χ3n) is 4.68. The molecule has 0 radical (unpaired) electrons. The van der Waals surface area contributed by atoms with Crippen LogP contribution in [0, 0.1) is 18.3 Å². The molecule has 5 nitrogen and oxygen atoms in total. The number of benzene rings is 2. The van der Waals surface area contributed by atoms with E-state index in [1.54, 1.807) is 24.4 Å². The van der Waals surface area contributed by atoms with Gasteiger partial charge in [0, 0.05) is 24.8 Å². The number of fused-ring (bicyclic) bond motifs is 1. The van der Waals surface area contributed by atoms with Gasteiger partial charge < -0.3 is 9.47 Å². The number of hydrogen-bond acceptors (Lipinski definition) is 5. The number of aryl methyl sites for hydroxylation is 1. The van der Waals surface area contributed by atoms with Crippen LogP contribution in [-0.4, -0.2) is 17.4 Å². The molecule has 0 amide bonds. The molecule has 1 aliphatic rings. The molecule has 4 rings (SSSR count). The highest BCUT2D eigenvalue weighted by Crippen LogP contribution is 2.31. The number of carbonyl (C=O) groups is 1. The van der Waals surface area contributed by atoms with Crippen molar-refractivity contribution in [3.63, 3.8) is 0 Å². The number of carbonyl (C=O) groups excluding carboxylic acids is 1. The van der Waals surface area contributed by atoms with E-state index >= 15 is 0 Å². The molecule has 1 aliphatic heterocycles. The number of aromatic nitrogens is 1. The number of ether oxygens (including phenoxy) is 2. The number of pyridine rings is 1. The number of nitrogens with zero attached hydrogens (tertiary/aromatic N) is 2. The molecule has 2 aromatic carbocycles. The largest absolute Gasteiger partial charge is 0.492 e. The minimum atomic E-state index is 0.0885. The Morgan fingerprint density at radius 1 is 1.14 bits per heavy atom. The molecule has 0 saturated carbocycles. The van der Waals surface area contributed by atoms with Crippen LogP contribution >= 0.6 is 0 Å². The van der Waals surface area contributed by atoms with E-state index in [9.17, 15) is 4.79 Å². The summed E-state index contributed by atoms with van der Waals surface area (Å²) in [7, 11) is 0. The fraction of sp³-hybridized carbons (Fsp3) is 0.174. The molecular weight excluding hydrogens is 352 g/mol. The zero-order valence-electron chi connectivity index (χ0n) is 15.4. The van der Waals surface area contributed by atoms with E-state index < -0.39 is 0 Å². The summed E-state index contributed by atoms with van der Waals surface area (Å²) in [6, 6.07) is 17.1. The lowest BCUT2D eigenvalue weighted by atomic mass is 10.0. The SMILES string of the molecule is Cc1cc(Cc2ccnc(Oc3ccc4c(c3)OCCC4=O)c2)ccc1C#N. The first-order chi connectivity index (χ1) is 13.6.